The van der Waals surface area contributed by atoms with Gasteiger partial charge in [-0.25, -0.2) is 0 Å². The second-order valence-corrected chi connectivity index (χ2v) is 8.53. The lowest BCUT2D eigenvalue weighted by molar-refractivity contribution is -0.213. The Morgan fingerprint density at radius 2 is 1.63 bits per heavy atom. The van der Waals surface area contributed by atoms with Crippen molar-refractivity contribution in [2.75, 3.05) is 53.7 Å². The van der Waals surface area contributed by atoms with E-state index in [1.807, 2.05) is 0 Å². The molecule has 6 aliphatic rings. The number of ketones is 1. The molecule has 6 rings (SSSR count). The molecule has 7 unspecified atom stereocenters. The van der Waals surface area contributed by atoms with Gasteiger partial charge >= 0.3 is 0 Å². The SMILES string of the molecule is COC1(OC)COC2CCNC21.O=C1COC2CCNC12.OC1COC2CCNC12. The van der Waals surface area contributed by atoms with Crippen molar-refractivity contribution >= 4 is 5.78 Å². The Balaban J connectivity index is 0.000000111. The summed E-state index contributed by atoms with van der Waals surface area (Å²) in [5.74, 6) is -0.334. The Kier molecular flexibility index (Phi) is 7.38. The molecule has 0 bridgehead atoms. The van der Waals surface area contributed by atoms with E-state index in [4.69, 9.17) is 23.7 Å². The highest BCUT2D eigenvalue weighted by atomic mass is 16.7. The molecular formula is C20H35N3O7. The van der Waals surface area contributed by atoms with Gasteiger partial charge < -0.3 is 44.7 Å². The van der Waals surface area contributed by atoms with Crippen LogP contribution in [0.1, 0.15) is 19.3 Å². The molecule has 0 saturated carbocycles. The second-order valence-electron chi connectivity index (χ2n) is 8.53. The fourth-order valence-electron chi connectivity index (χ4n) is 5.12. The van der Waals surface area contributed by atoms with Gasteiger partial charge in [0.25, 0.3) is 0 Å². The van der Waals surface area contributed by atoms with Crippen LogP contribution >= 0.6 is 0 Å². The van der Waals surface area contributed by atoms with E-state index in [-0.39, 0.29) is 42.2 Å². The summed E-state index contributed by atoms with van der Waals surface area (Å²) in [5, 5.41) is 18.8. The molecule has 0 spiro atoms. The molecule has 6 aliphatic heterocycles. The van der Waals surface area contributed by atoms with Gasteiger partial charge in [0.15, 0.2) is 5.78 Å². The zero-order chi connectivity index (χ0) is 21.1. The Bertz CT molecular complexity index is 591. The highest BCUT2D eigenvalue weighted by Crippen LogP contribution is 2.33. The van der Waals surface area contributed by atoms with Gasteiger partial charge in [-0.3, -0.25) is 4.79 Å². The van der Waals surface area contributed by atoms with Gasteiger partial charge in [-0.1, -0.05) is 0 Å². The third-order valence-corrected chi connectivity index (χ3v) is 6.88. The topological polar surface area (TPSA) is 120 Å². The van der Waals surface area contributed by atoms with Gasteiger partial charge in [0.2, 0.25) is 5.79 Å². The first kappa shape index (κ1) is 22.5. The summed E-state index contributed by atoms with van der Waals surface area (Å²) in [6, 6.07) is 0.461. The lowest BCUT2D eigenvalue weighted by atomic mass is 10.1. The van der Waals surface area contributed by atoms with Gasteiger partial charge in [-0.05, 0) is 38.9 Å². The largest absolute Gasteiger partial charge is 0.389 e. The predicted molar refractivity (Wildman–Crippen MR) is 106 cm³/mol. The first-order valence-electron chi connectivity index (χ1n) is 10.9. The Hall–Kier alpha value is -0.690. The molecule has 0 aromatic heterocycles. The van der Waals surface area contributed by atoms with Crippen molar-refractivity contribution in [3.05, 3.63) is 0 Å². The van der Waals surface area contributed by atoms with Crippen LogP contribution in [0.2, 0.25) is 0 Å². The van der Waals surface area contributed by atoms with Crippen LogP contribution in [0.4, 0.5) is 0 Å². The molecule has 4 N–H and O–H groups in total. The smallest absolute Gasteiger partial charge is 0.209 e. The molecule has 0 aromatic carbocycles. The average Bonchev–Trinajstić information content (AvgIpc) is 3.56. The molecule has 30 heavy (non-hydrogen) atoms. The normalized spacial score (nSPS) is 42.8. The number of rotatable bonds is 2. The summed E-state index contributed by atoms with van der Waals surface area (Å²) in [6.45, 7) is 4.28. The molecule has 172 valence electrons. The summed E-state index contributed by atoms with van der Waals surface area (Å²) in [4.78, 5) is 10.9. The van der Waals surface area contributed by atoms with Crippen molar-refractivity contribution in [2.24, 2.45) is 0 Å². The number of ether oxygens (including phenoxy) is 5. The van der Waals surface area contributed by atoms with Crippen LogP contribution < -0.4 is 16.0 Å². The number of hydrogen-bond acceptors (Lipinski definition) is 10. The highest BCUT2D eigenvalue weighted by Gasteiger charge is 2.53. The van der Waals surface area contributed by atoms with E-state index in [9.17, 15) is 9.90 Å². The summed E-state index contributed by atoms with van der Waals surface area (Å²) >= 11 is 0. The summed E-state index contributed by atoms with van der Waals surface area (Å²) in [7, 11) is 3.32. The number of hydrogen-bond donors (Lipinski definition) is 4. The van der Waals surface area contributed by atoms with Crippen molar-refractivity contribution in [3.8, 4) is 0 Å². The first-order chi connectivity index (χ1) is 14.6. The molecule has 6 fully saturated rings. The van der Waals surface area contributed by atoms with Gasteiger partial charge in [-0.15, -0.1) is 0 Å². The standard InChI is InChI=1S/C8H15NO3.C6H11NO2.C6H9NO2/c1-10-8(11-2)5-12-6-3-4-9-7(6)8;2*8-4-3-9-5-1-2-7-6(4)5/h6-7,9H,3-5H2,1-2H3;4-8H,1-3H2;5-7H,1-3H2. The van der Waals surface area contributed by atoms with Crippen LogP contribution in [0, 0.1) is 0 Å². The number of fused-ring (bicyclic) bond motifs is 3. The van der Waals surface area contributed by atoms with Crippen LogP contribution in [0.25, 0.3) is 0 Å². The van der Waals surface area contributed by atoms with Crippen LogP contribution in [0.3, 0.4) is 0 Å². The minimum atomic E-state index is -0.554. The number of carbonyl (C=O) groups is 1. The lowest BCUT2D eigenvalue weighted by Crippen LogP contribution is -2.51. The minimum absolute atomic E-state index is 0.0324. The molecule has 0 amide bonds. The second kappa shape index (κ2) is 9.85. The Morgan fingerprint density at radius 3 is 2.37 bits per heavy atom. The lowest BCUT2D eigenvalue weighted by Gasteiger charge is -2.29. The molecule has 10 heteroatoms. The van der Waals surface area contributed by atoms with Gasteiger partial charge in [0.1, 0.15) is 13.2 Å². The van der Waals surface area contributed by atoms with Crippen molar-refractivity contribution in [2.45, 2.75) is 67.6 Å². The van der Waals surface area contributed by atoms with Crippen molar-refractivity contribution in [3.63, 3.8) is 0 Å². The maximum Gasteiger partial charge on any atom is 0.209 e. The number of nitrogens with one attached hydrogen (secondary N) is 3. The summed E-state index contributed by atoms with van der Waals surface area (Å²) in [6.07, 6.45) is 3.59. The number of methoxy groups -OCH3 is 2. The number of aliphatic hydroxyl groups excluding tert-OH is 1. The average molecular weight is 430 g/mol. The molecule has 10 nitrogen and oxygen atoms in total. The van der Waals surface area contributed by atoms with E-state index in [0.29, 0.717) is 25.9 Å². The van der Waals surface area contributed by atoms with E-state index in [1.165, 1.54) is 0 Å². The first-order valence-corrected chi connectivity index (χ1v) is 10.9. The van der Waals surface area contributed by atoms with Gasteiger partial charge in [0.05, 0.1) is 49.1 Å². The van der Waals surface area contributed by atoms with Gasteiger partial charge in [-0.2, -0.15) is 0 Å². The van der Waals surface area contributed by atoms with E-state index < -0.39 is 5.79 Å². The van der Waals surface area contributed by atoms with E-state index in [2.05, 4.69) is 16.0 Å². The quantitative estimate of drug-likeness (QED) is 0.373. The molecule has 0 aromatic rings. The van der Waals surface area contributed by atoms with Crippen molar-refractivity contribution in [1.29, 1.82) is 0 Å². The van der Waals surface area contributed by atoms with Crippen LogP contribution in [0.15, 0.2) is 0 Å². The predicted octanol–water partition coefficient (Wildman–Crippen LogP) is -1.84. The van der Waals surface area contributed by atoms with Crippen molar-refractivity contribution < 1.29 is 33.6 Å². The Labute approximate surface area is 177 Å². The van der Waals surface area contributed by atoms with E-state index >= 15 is 0 Å². The summed E-state index contributed by atoms with van der Waals surface area (Å²) in [5.41, 5.74) is 0. The maximum atomic E-state index is 10.9. The van der Waals surface area contributed by atoms with Gasteiger partial charge in [0, 0.05) is 14.2 Å². The van der Waals surface area contributed by atoms with E-state index in [1.54, 1.807) is 14.2 Å². The van der Waals surface area contributed by atoms with Crippen LogP contribution in [-0.2, 0) is 28.5 Å². The van der Waals surface area contributed by atoms with Crippen molar-refractivity contribution in [1.82, 2.24) is 16.0 Å². The highest BCUT2D eigenvalue weighted by molar-refractivity contribution is 5.87. The van der Waals surface area contributed by atoms with E-state index in [0.717, 1.165) is 38.9 Å². The zero-order valence-electron chi connectivity index (χ0n) is 17.8. The van der Waals surface area contributed by atoms with Crippen LogP contribution in [-0.4, -0.2) is 113 Å². The number of carbonyl (C=O) groups excluding carboxylic acids is 1. The summed E-state index contributed by atoms with van der Waals surface area (Å²) < 4.78 is 26.7. The molecule has 6 heterocycles. The molecular weight excluding hydrogens is 394 g/mol. The molecule has 0 aliphatic carbocycles. The maximum absolute atomic E-state index is 10.9. The minimum Gasteiger partial charge on any atom is -0.389 e. The monoisotopic (exact) mass is 429 g/mol. The Morgan fingerprint density at radius 1 is 0.933 bits per heavy atom. The van der Waals surface area contributed by atoms with Crippen LogP contribution in [0.5, 0.6) is 0 Å². The fourth-order valence-corrected chi connectivity index (χ4v) is 5.12. The fraction of sp³-hybridized carbons (Fsp3) is 0.950. The zero-order valence-corrected chi connectivity index (χ0v) is 17.8. The third kappa shape index (κ3) is 4.43. The number of aliphatic hydroxyl groups is 1. The third-order valence-electron chi connectivity index (χ3n) is 6.88. The number of Topliss-reactive ketones (excluding diaryl/α,β-unsaturated/α-hetero) is 1. The molecule has 7 atom stereocenters. The molecule has 0 radical (unpaired) electrons. The molecule has 6 saturated heterocycles.